The molecule has 2 rings (SSSR count). The van der Waals surface area contributed by atoms with Crippen LogP contribution in [0, 0.1) is 0 Å². The number of hydrogen-bond acceptors (Lipinski definition) is 3. The number of nitrogens with one attached hydrogen (secondary N) is 1. The number of carbonyl (C=O) groups is 2. The summed E-state index contributed by atoms with van der Waals surface area (Å²) in [5, 5.41) is 2.78. The quantitative estimate of drug-likeness (QED) is 0.629. The largest absolute Gasteiger partial charge is 0.467 e. The highest BCUT2D eigenvalue weighted by atomic mass is 16.5. The zero-order chi connectivity index (χ0) is 17.4. The predicted molar refractivity (Wildman–Crippen MR) is 93.5 cm³/mol. The lowest BCUT2D eigenvalue weighted by Crippen LogP contribution is -2.43. The molecule has 0 aliphatic heterocycles. The van der Waals surface area contributed by atoms with Gasteiger partial charge in [0.05, 0.1) is 13.0 Å². The van der Waals surface area contributed by atoms with Crippen LogP contribution in [-0.2, 0) is 14.3 Å². The lowest BCUT2D eigenvalue weighted by molar-refractivity contribution is -0.145. The predicted octanol–water partition coefficient (Wildman–Crippen LogP) is 3.05. The van der Waals surface area contributed by atoms with Gasteiger partial charge in [-0.1, -0.05) is 66.7 Å². The molecule has 0 radical (unpaired) electrons. The number of ether oxygens (including phenoxy) is 1. The Labute approximate surface area is 142 Å². The van der Waals surface area contributed by atoms with Crippen molar-refractivity contribution >= 4 is 11.9 Å². The van der Waals surface area contributed by atoms with Crippen LogP contribution in [0.3, 0.4) is 0 Å². The molecule has 24 heavy (non-hydrogen) atoms. The van der Waals surface area contributed by atoms with Crippen molar-refractivity contribution in [1.29, 1.82) is 0 Å². The Morgan fingerprint density at radius 1 is 1.04 bits per heavy atom. The summed E-state index contributed by atoms with van der Waals surface area (Å²) in [6.07, 6.45) is 1.90. The molecule has 0 fully saturated rings. The standard InChI is InChI=1S/C20H21NO3/c1-3-10-17(20(23)24-2)21-19(22)18(15-11-6-4-7-12-15)16-13-8-5-9-14-16/h3-9,11-14,17-18H,1,10H2,2H3,(H,21,22)/t17-/m0/s1. The lowest BCUT2D eigenvalue weighted by atomic mass is 9.90. The van der Waals surface area contributed by atoms with Gasteiger partial charge in [0.25, 0.3) is 0 Å². The molecule has 0 saturated heterocycles. The van der Waals surface area contributed by atoms with Crippen molar-refractivity contribution in [1.82, 2.24) is 5.32 Å². The first-order valence-electron chi connectivity index (χ1n) is 7.76. The Kier molecular flexibility index (Phi) is 6.32. The summed E-state index contributed by atoms with van der Waals surface area (Å²) in [5.41, 5.74) is 1.73. The minimum absolute atomic E-state index is 0.246. The van der Waals surface area contributed by atoms with E-state index in [-0.39, 0.29) is 5.91 Å². The van der Waals surface area contributed by atoms with Crippen molar-refractivity contribution in [3.05, 3.63) is 84.4 Å². The third-order valence-electron chi connectivity index (χ3n) is 3.73. The summed E-state index contributed by atoms with van der Waals surface area (Å²) >= 11 is 0. The summed E-state index contributed by atoms with van der Waals surface area (Å²) in [5.74, 6) is -1.22. The SMILES string of the molecule is C=CC[C@H](NC(=O)C(c1ccccc1)c1ccccc1)C(=O)OC. The van der Waals surface area contributed by atoms with E-state index in [0.29, 0.717) is 6.42 Å². The molecular formula is C20H21NO3. The maximum Gasteiger partial charge on any atom is 0.328 e. The van der Waals surface area contributed by atoms with E-state index in [1.54, 1.807) is 6.08 Å². The van der Waals surface area contributed by atoms with Crippen molar-refractivity contribution < 1.29 is 14.3 Å². The first-order chi connectivity index (χ1) is 11.7. The molecule has 0 aliphatic carbocycles. The third kappa shape index (κ3) is 4.32. The highest BCUT2D eigenvalue weighted by Crippen LogP contribution is 2.25. The van der Waals surface area contributed by atoms with E-state index >= 15 is 0 Å². The Hall–Kier alpha value is -2.88. The molecule has 0 spiro atoms. The van der Waals surface area contributed by atoms with Crippen LogP contribution in [0.5, 0.6) is 0 Å². The first kappa shape index (κ1) is 17.5. The van der Waals surface area contributed by atoms with Gasteiger partial charge in [0.15, 0.2) is 0 Å². The molecular weight excluding hydrogens is 302 g/mol. The van der Waals surface area contributed by atoms with Gasteiger partial charge in [0.2, 0.25) is 5.91 Å². The van der Waals surface area contributed by atoms with Crippen LogP contribution in [0.2, 0.25) is 0 Å². The number of benzene rings is 2. The second kappa shape index (κ2) is 8.67. The molecule has 0 saturated carbocycles. The number of amides is 1. The molecule has 4 nitrogen and oxygen atoms in total. The fourth-order valence-corrected chi connectivity index (χ4v) is 2.56. The number of hydrogen-bond donors (Lipinski definition) is 1. The second-order valence-corrected chi connectivity index (χ2v) is 5.36. The smallest absolute Gasteiger partial charge is 0.328 e. The molecule has 0 heterocycles. The van der Waals surface area contributed by atoms with Gasteiger partial charge in [0, 0.05) is 0 Å². The van der Waals surface area contributed by atoms with E-state index < -0.39 is 17.9 Å². The van der Waals surface area contributed by atoms with E-state index in [4.69, 9.17) is 4.74 Å². The third-order valence-corrected chi connectivity index (χ3v) is 3.73. The summed E-state index contributed by atoms with van der Waals surface area (Å²) < 4.78 is 4.76. The normalized spacial score (nSPS) is 11.6. The van der Waals surface area contributed by atoms with Gasteiger partial charge in [0.1, 0.15) is 6.04 Å². The van der Waals surface area contributed by atoms with Crippen LogP contribution in [0.25, 0.3) is 0 Å². The fourth-order valence-electron chi connectivity index (χ4n) is 2.56. The molecule has 0 unspecified atom stereocenters. The molecule has 124 valence electrons. The van der Waals surface area contributed by atoms with E-state index in [2.05, 4.69) is 11.9 Å². The summed E-state index contributed by atoms with van der Waals surface area (Å²) in [4.78, 5) is 24.7. The van der Waals surface area contributed by atoms with E-state index in [9.17, 15) is 9.59 Å². The monoisotopic (exact) mass is 323 g/mol. The average Bonchev–Trinajstić information content (AvgIpc) is 2.62. The molecule has 1 atom stereocenters. The maximum atomic E-state index is 12.9. The van der Waals surface area contributed by atoms with Crippen LogP contribution in [0.1, 0.15) is 23.5 Å². The summed E-state index contributed by atoms with van der Waals surface area (Å²) in [6, 6.07) is 18.2. The minimum Gasteiger partial charge on any atom is -0.467 e. The molecule has 0 aromatic heterocycles. The molecule has 1 N–H and O–H groups in total. The fraction of sp³-hybridized carbons (Fsp3) is 0.200. The van der Waals surface area contributed by atoms with Crippen molar-refractivity contribution in [2.45, 2.75) is 18.4 Å². The van der Waals surface area contributed by atoms with E-state index in [1.165, 1.54) is 7.11 Å². The molecule has 2 aromatic carbocycles. The second-order valence-electron chi connectivity index (χ2n) is 5.36. The Balaban J connectivity index is 2.31. The van der Waals surface area contributed by atoms with Gasteiger partial charge in [-0.2, -0.15) is 0 Å². The van der Waals surface area contributed by atoms with Crippen LogP contribution >= 0.6 is 0 Å². The van der Waals surface area contributed by atoms with Crippen molar-refractivity contribution in [3.63, 3.8) is 0 Å². The van der Waals surface area contributed by atoms with Crippen molar-refractivity contribution in [2.75, 3.05) is 7.11 Å². The maximum absolute atomic E-state index is 12.9. The van der Waals surface area contributed by atoms with Gasteiger partial charge >= 0.3 is 5.97 Å². The Morgan fingerprint density at radius 2 is 1.54 bits per heavy atom. The van der Waals surface area contributed by atoms with Gasteiger partial charge in [-0.15, -0.1) is 6.58 Å². The van der Waals surface area contributed by atoms with Crippen molar-refractivity contribution in [3.8, 4) is 0 Å². The lowest BCUT2D eigenvalue weighted by Gasteiger charge is -2.21. The van der Waals surface area contributed by atoms with Crippen LogP contribution in [0.15, 0.2) is 73.3 Å². The molecule has 0 aliphatic rings. The molecule has 2 aromatic rings. The molecule has 0 bridgehead atoms. The number of methoxy groups -OCH3 is 1. The number of esters is 1. The Morgan fingerprint density at radius 3 is 1.96 bits per heavy atom. The van der Waals surface area contributed by atoms with Gasteiger partial charge in [-0.25, -0.2) is 4.79 Å². The highest BCUT2D eigenvalue weighted by molar-refractivity contribution is 5.91. The topological polar surface area (TPSA) is 55.4 Å². The van der Waals surface area contributed by atoms with Crippen molar-refractivity contribution in [2.24, 2.45) is 0 Å². The van der Waals surface area contributed by atoms with Crippen LogP contribution in [0.4, 0.5) is 0 Å². The van der Waals surface area contributed by atoms with Gasteiger partial charge in [-0.05, 0) is 17.5 Å². The van der Waals surface area contributed by atoms with E-state index in [1.807, 2.05) is 60.7 Å². The summed E-state index contributed by atoms with van der Waals surface area (Å²) in [7, 11) is 1.30. The average molecular weight is 323 g/mol. The van der Waals surface area contributed by atoms with Crippen LogP contribution < -0.4 is 5.32 Å². The number of carbonyl (C=O) groups excluding carboxylic acids is 2. The highest BCUT2D eigenvalue weighted by Gasteiger charge is 2.27. The number of rotatable bonds is 7. The Bertz CT molecular complexity index is 643. The first-order valence-corrected chi connectivity index (χ1v) is 7.76. The zero-order valence-electron chi connectivity index (χ0n) is 13.6. The zero-order valence-corrected chi connectivity index (χ0v) is 13.6. The van der Waals surface area contributed by atoms with E-state index in [0.717, 1.165) is 11.1 Å². The van der Waals surface area contributed by atoms with Gasteiger partial charge in [-0.3, -0.25) is 4.79 Å². The van der Waals surface area contributed by atoms with Crippen LogP contribution in [-0.4, -0.2) is 25.0 Å². The minimum atomic E-state index is -0.741. The summed E-state index contributed by atoms with van der Waals surface area (Å²) in [6.45, 7) is 3.63. The van der Waals surface area contributed by atoms with Gasteiger partial charge < -0.3 is 10.1 Å². The molecule has 1 amide bonds. The molecule has 4 heteroatoms.